The predicted octanol–water partition coefficient (Wildman–Crippen LogP) is 1.79. The predicted molar refractivity (Wildman–Crippen MR) is 85.2 cm³/mol. The standard InChI is InChI=1S/C15H22N2O3S/c1-21-10-9-13(15(19)20)17-14(18)8-7-12(16)11-5-3-2-4-6-11/h2-6,12-13H,7-10,16H2,1H3,(H,17,18)(H,19,20)/t12?,13-/m1/s1. The summed E-state index contributed by atoms with van der Waals surface area (Å²) in [6, 6.07) is 8.51. The van der Waals surface area contributed by atoms with Crippen molar-refractivity contribution < 1.29 is 14.7 Å². The van der Waals surface area contributed by atoms with Crippen molar-refractivity contribution in [3.05, 3.63) is 35.9 Å². The fourth-order valence-electron chi connectivity index (χ4n) is 1.91. The van der Waals surface area contributed by atoms with Gasteiger partial charge in [0.15, 0.2) is 0 Å². The maximum Gasteiger partial charge on any atom is 0.326 e. The molecule has 0 radical (unpaired) electrons. The van der Waals surface area contributed by atoms with Crippen molar-refractivity contribution in [3.63, 3.8) is 0 Å². The molecule has 1 unspecified atom stereocenters. The molecule has 0 spiro atoms. The van der Waals surface area contributed by atoms with Gasteiger partial charge in [-0.25, -0.2) is 4.79 Å². The minimum Gasteiger partial charge on any atom is -0.480 e. The molecule has 5 nitrogen and oxygen atoms in total. The third-order valence-corrected chi connectivity index (χ3v) is 3.80. The second-order valence-corrected chi connectivity index (χ2v) is 5.78. The smallest absolute Gasteiger partial charge is 0.326 e. The van der Waals surface area contributed by atoms with Crippen LogP contribution in [0, 0.1) is 0 Å². The van der Waals surface area contributed by atoms with Crippen LogP contribution in [0.5, 0.6) is 0 Å². The lowest BCUT2D eigenvalue weighted by atomic mass is 10.0. The van der Waals surface area contributed by atoms with Gasteiger partial charge in [-0.15, -0.1) is 0 Å². The lowest BCUT2D eigenvalue weighted by Crippen LogP contribution is -2.41. The lowest BCUT2D eigenvalue weighted by molar-refractivity contribution is -0.141. The van der Waals surface area contributed by atoms with E-state index in [0.717, 1.165) is 5.56 Å². The fourth-order valence-corrected chi connectivity index (χ4v) is 2.38. The van der Waals surface area contributed by atoms with Crippen LogP contribution < -0.4 is 11.1 Å². The quantitative estimate of drug-likeness (QED) is 0.646. The third-order valence-electron chi connectivity index (χ3n) is 3.15. The molecule has 1 rings (SSSR count). The third kappa shape index (κ3) is 6.64. The van der Waals surface area contributed by atoms with E-state index in [-0.39, 0.29) is 18.4 Å². The average molecular weight is 310 g/mol. The Balaban J connectivity index is 2.40. The van der Waals surface area contributed by atoms with Crippen molar-refractivity contribution in [1.82, 2.24) is 5.32 Å². The summed E-state index contributed by atoms with van der Waals surface area (Å²) < 4.78 is 0. The van der Waals surface area contributed by atoms with Crippen LogP contribution in [0.4, 0.5) is 0 Å². The molecule has 0 aliphatic carbocycles. The van der Waals surface area contributed by atoms with Gasteiger partial charge in [-0.05, 0) is 30.4 Å². The number of carbonyl (C=O) groups excluding carboxylic acids is 1. The zero-order chi connectivity index (χ0) is 15.7. The number of aliphatic carboxylic acids is 1. The number of carboxylic acids is 1. The van der Waals surface area contributed by atoms with Crippen LogP contribution in [-0.2, 0) is 9.59 Å². The zero-order valence-corrected chi connectivity index (χ0v) is 12.9. The van der Waals surface area contributed by atoms with Gasteiger partial charge in [-0.1, -0.05) is 30.3 Å². The summed E-state index contributed by atoms with van der Waals surface area (Å²) in [6.07, 6.45) is 3.04. The van der Waals surface area contributed by atoms with Gasteiger partial charge in [0.1, 0.15) is 6.04 Å². The number of amides is 1. The molecule has 116 valence electrons. The number of benzene rings is 1. The first-order valence-electron chi connectivity index (χ1n) is 6.86. The topological polar surface area (TPSA) is 92.4 Å². The lowest BCUT2D eigenvalue weighted by Gasteiger charge is -2.15. The minimum absolute atomic E-state index is 0.216. The molecule has 1 aromatic rings. The van der Waals surface area contributed by atoms with E-state index < -0.39 is 12.0 Å². The maximum atomic E-state index is 11.8. The van der Waals surface area contributed by atoms with E-state index in [4.69, 9.17) is 10.8 Å². The fraction of sp³-hybridized carbons (Fsp3) is 0.467. The highest BCUT2D eigenvalue weighted by Crippen LogP contribution is 2.15. The van der Waals surface area contributed by atoms with Gasteiger partial charge in [0, 0.05) is 12.5 Å². The Morgan fingerprint density at radius 3 is 2.52 bits per heavy atom. The molecule has 0 heterocycles. The summed E-state index contributed by atoms with van der Waals surface area (Å²) in [7, 11) is 0. The van der Waals surface area contributed by atoms with Gasteiger partial charge in [0.25, 0.3) is 0 Å². The molecule has 0 saturated carbocycles. The summed E-state index contributed by atoms with van der Waals surface area (Å²) in [4.78, 5) is 22.9. The van der Waals surface area contributed by atoms with Crippen LogP contribution >= 0.6 is 11.8 Å². The Bertz CT molecular complexity index is 453. The SMILES string of the molecule is CSCC[C@@H](NC(=O)CCC(N)c1ccccc1)C(=O)O. The van der Waals surface area contributed by atoms with E-state index >= 15 is 0 Å². The number of hydrogen-bond donors (Lipinski definition) is 3. The minimum atomic E-state index is -0.996. The van der Waals surface area contributed by atoms with E-state index in [1.54, 1.807) is 11.8 Å². The molecule has 21 heavy (non-hydrogen) atoms. The van der Waals surface area contributed by atoms with Gasteiger partial charge in [0.05, 0.1) is 0 Å². The molecule has 0 fully saturated rings. The average Bonchev–Trinajstić information content (AvgIpc) is 2.49. The monoisotopic (exact) mass is 310 g/mol. The van der Waals surface area contributed by atoms with Crippen molar-refractivity contribution in [3.8, 4) is 0 Å². The molecule has 4 N–H and O–H groups in total. The van der Waals surface area contributed by atoms with Crippen LogP contribution in [0.15, 0.2) is 30.3 Å². The van der Waals surface area contributed by atoms with Crippen molar-refractivity contribution in [2.24, 2.45) is 5.73 Å². The highest BCUT2D eigenvalue weighted by Gasteiger charge is 2.19. The van der Waals surface area contributed by atoms with Gasteiger partial charge in [-0.2, -0.15) is 11.8 Å². The zero-order valence-electron chi connectivity index (χ0n) is 12.1. The largest absolute Gasteiger partial charge is 0.480 e. The Hall–Kier alpha value is -1.53. The van der Waals surface area contributed by atoms with Crippen molar-refractivity contribution >= 4 is 23.6 Å². The van der Waals surface area contributed by atoms with Gasteiger partial charge < -0.3 is 16.2 Å². The van der Waals surface area contributed by atoms with E-state index in [2.05, 4.69) is 5.32 Å². The van der Waals surface area contributed by atoms with Crippen LogP contribution in [-0.4, -0.2) is 35.0 Å². The van der Waals surface area contributed by atoms with Gasteiger partial charge in [0.2, 0.25) is 5.91 Å². The summed E-state index contributed by atoms with van der Waals surface area (Å²) in [5.41, 5.74) is 6.99. The molecule has 2 atom stereocenters. The number of hydrogen-bond acceptors (Lipinski definition) is 4. The van der Waals surface area contributed by atoms with E-state index in [0.29, 0.717) is 18.6 Å². The highest BCUT2D eigenvalue weighted by atomic mass is 32.2. The number of rotatable bonds is 9. The molecule has 0 aliphatic heterocycles. The van der Waals surface area contributed by atoms with Crippen molar-refractivity contribution in [2.75, 3.05) is 12.0 Å². The number of carbonyl (C=O) groups is 2. The summed E-state index contributed by atoms with van der Waals surface area (Å²) in [5.74, 6) is -0.569. The molecule has 1 amide bonds. The van der Waals surface area contributed by atoms with Crippen LogP contribution in [0.1, 0.15) is 30.9 Å². The van der Waals surface area contributed by atoms with E-state index in [1.165, 1.54) is 0 Å². The Kier molecular flexibility index (Phi) is 7.85. The van der Waals surface area contributed by atoms with E-state index in [9.17, 15) is 9.59 Å². The summed E-state index contributed by atoms with van der Waals surface area (Å²) in [5, 5.41) is 11.6. The first-order valence-corrected chi connectivity index (χ1v) is 8.25. The normalized spacial score (nSPS) is 13.4. The van der Waals surface area contributed by atoms with Crippen LogP contribution in [0.3, 0.4) is 0 Å². The van der Waals surface area contributed by atoms with Crippen molar-refractivity contribution in [1.29, 1.82) is 0 Å². The second-order valence-electron chi connectivity index (χ2n) is 4.80. The molecule has 6 heteroatoms. The molecular formula is C15H22N2O3S. The number of nitrogens with two attached hydrogens (primary N) is 1. The first-order chi connectivity index (χ1) is 10.0. The summed E-state index contributed by atoms with van der Waals surface area (Å²) >= 11 is 1.56. The highest BCUT2D eigenvalue weighted by molar-refractivity contribution is 7.98. The molecular weight excluding hydrogens is 288 g/mol. The molecule has 0 bridgehead atoms. The number of carboxylic acid groups (broad SMARTS) is 1. The number of nitrogens with one attached hydrogen (secondary N) is 1. The Morgan fingerprint density at radius 2 is 1.95 bits per heavy atom. The number of thioether (sulfide) groups is 1. The first kappa shape index (κ1) is 17.5. The Labute approximate surface area is 129 Å². The molecule has 0 saturated heterocycles. The Morgan fingerprint density at radius 1 is 1.29 bits per heavy atom. The molecule has 1 aromatic carbocycles. The summed E-state index contributed by atoms with van der Waals surface area (Å²) in [6.45, 7) is 0. The molecule has 0 aliphatic rings. The van der Waals surface area contributed by atoms with Crippen LogP contribution in [0.25, 0.3) is 0 Å². The molecule has 0 aromatic heterocycles. The van der Waals surface area contributed by atoms with Crippen LogP contribution in [0.2, 0.25) is 0 Å². The second kappa shape index (κ2) is 9.41. The maximum absolute atomic E-state index is 11.8. The van der Waals surface area contributed by atoms with Crippen molar-refractivity contribution in [2.45, 2.75) is 31.3 Å². The van der Waals surface area contributed by atoms with Gasteiger partial charge in [-0.3, -0.25) is 4.79 Å². The van der Waals surface area contributed by atoms with E-state index in [1.807, 2.05) is 36.6 Å². The van der Waals surface area contributed by atoms with Gasteiger partial charge >= 0.3 is 5.97 Å².